The van der Waals surface area contributed by atoms with E-state index in [2.05, 4.69) is 37.6 Å². The lowest BCUT2D eigenvalue weighted by Crippen LogP contribution is -2.30. The molecule has 0 aliphatic carbocycles. The molecule has 1 heterocycles. The van der Waals surface area contributed by atoms with Gasteiger partial charge in [-0.05, 0) is 31.9 Å². The molecule has 1 aromatic heterocycles. The first-order chi connectivity index (χ1) is 9.14. The Hall–Kier alpha value is -0.920. The zero-order chi connectivity index (χ0) is 14.1. The van der Waals surface area contributed by atoms with Crippen molar-refractivity contribution in [2.75, 3.05) is 5.73 Å². The van der Waals surface area contributed by atoms with Gasteiger partial charge in [-0.3, -0.25) is 0 Å². The molecule has 2 nitrogen and oxygen atoms in total. The van der Waals surface area contributed by atoms with Crippen LogP contribution in [0.5, 0.6) is 0 Å². The first kappa shape index (κ1) is 16.1. The predicted molar refractivity (Wildman–Crippen MR) is 85.4 cm³/mol. The van der Waals surface area contributed by atoms with Crippen molar-refractivity contribution in [1.82, 2.24) is 4.57 Å². The van der Waals surface area contributed by atoms with Crippen LogP contribution >= 0.6 is 0 Å². The van der Waals surface area contributed by atoms with Crippen LogP contribution in [0.1, 0.15) is 78.6 Å². The molecule has 0 aliphatic heterocycles. The van der Waals surface area contributed by atoms with Crippen molar-refractivity contribution >= 4 is 5.82 Å². The van der Waals surface area contributed by atoms with Gasteiger partial charge in [0.25, 0.3) is 0 Å². The molecule has 1 unspecified atom stereocenters. The minimum absolute atomic E-state index is 0.205. The van der Waals surface area contributed by atoms with E-state index >= 15 is 0 Å². The molecule has 0 radical (unpaired) electrons. The second-order valence-corrected chi connectivity index (χ2v) is 6.07. The van der Waals surface area contributed by atoms with Gasteiger partial charge in [0, 0.05) is 11.7 Å². The Kier molecular flexibility index (Phi) is 7.04. The maximum Gasteiger partial charge on any atom is 0.103 e. The SMILES string of the molecule is CCCCCCC(C)(CCCCC)n1cccc1N. The molecule has 2 N–H and O–H groups in total. The Morgan fingerprint density at radius 1 is 1.00 bits per heavy atom. The third kappa shape index (κ3) is 4.93. The van der Waals surface area contributed by atoms with E-state index in [1.165, 1.54) is 57.8 Å². The van der Waals surface area contributed by atoms with Crippen molar-refractivity contribution in [1.29, 1.82) is 0 Å². The van der Waals surface area contributed by atoms with Gasteiger partial charge >= 0.3 is 0 Å². The number of aromatic nitrogens is 1. The average molecular weight is 264 g/mol. The molecule has 110 valence electrons. The number of nitrogens with zero attached hydrogens (tertiary/aromatic N) is 1. The molecule has 0 fully saturated rings. The molecular formula is C17H32N2. The van der Waals surface area contributed by atoms with E-state index in [1.807, 2.05) is 6.07 Å². The van der Waals surface area contributed by atoms with Gasteiger partial charge in [-0.2, -0.15) is 0 Å². The second kappa shape index (κ2) is 8.29. The number of anilines is 1. The van der Waals surface area contributed by atoms with E-state index in [1.54, 1.807) is 0 Å². The van der Waals surface area contributed by atoms with Gasteiger partial charge in [0.2, 0.25) is 0 Å². The third-order valence-electron chi connectivity index (χ3n) is 4.25. The van der Waals surface area contributed by atoms with Crippen LogP contribution in [0.3, 0.4) is 0 Å². The highest BCUT2D eigenvalue weighted by molar-refractivity contribution is 5.31. The zero-order valence-electron chi connectivity index (χ0n) is 13.1. The monoisotopic (exact) mass is 264 g/mol. The maximum absolute atomic E-state index is 6.12. The van der Waals surface area contributed by atoms with Crippen LogP contribution in [0.15, 0.2) is 18.3 Å². The van der Waals surface area contributed by atoms with Crippen LogP contribution in [0, 0.1) is 0 Å². The summed E-state index contributed by atoms with van der Waals surface area (Å²) < 4.78 is 2.30. The first-order valence-electron chi connectivity index (χ1n) is 8.07. The molecule has 1 aromatic rings. The quantitative estimate of drug-likeness (QED) is 0.568. The van der Waals surface area contributed by atoms with Crippen LogP contribution < -0.4 is 5.73 Å². The standard InChI is InChI=1S/C17H32N2/c1-4-6-8-10-14-17(3,13-9-7-5-2)19-15-11-12-16(19)18/h11-12,15H,4-10,13-14,18H2,1-3H3. The van der Waals surface area contributed by atoms with Crippen molar-refractivity contribution in [3.63, 3.8) is 0 Å². The maximum atomic E-state index is 6.12. The Bertz CT molecular complexity index is 343. The lowest BCUT2D eigenvalue weighted by molar-refractivity contribution is 0.256. The number of rotatable bonds is 10. The largest absolute Gasteiger partial charge is 0.385 e. The van der Waals surface area contributed by atoms with Gasteiger partial charge < -0.3 is 10.3 Å². The fourth-order valence-electron chi connectivity index (χ4n) is 2.94. The third-order valence-corrected chi connectivity index (χ3v) is 4.25. The lowest BCUT2D eigenvalue weighted by atomic mass is 9.88. The van der Waals surface area contributed by atoms with Gasteiger partial charge in [0.05, 0.1) is 0 Å². The molecular weight excluding hydrogens is 232 g/mol. The van der Waals surface area contributed by atoms with E-state index < -0.39 is 0 Å². The van der Waals surface area contributed by atoms with Crippen molar-refractivity contribution in [2.24, 2.45) is 0 Å². The summed E-state index contributed by atoms with van der Waals surface area (Å²) >= 11 is 0. The van der Waals surface area contributed by atoms with Crippen LogP contribution in [0.4, 0.5) is 5.82 Å². The Balaban J connectivity index is 2.64. The zero-order valence-corrected chi connectivity index (χ0v) is 13.1. The summed E-state index contributed by atoms with van der Waals surface area (Å²) in [7, 11) is 0. The summed E-state index contributed by atoms with van der Waals surface area (Å²) in [6, 6.07) is 4.09. The van der Waals surface area contributed by atoms with E-state index in [0.717, 1.165) is 5.82 Å². The number of nitrogen functional groups attached to an aromatic ring is 1. The smallest absolute Gasteiger partial charge is 0.103 e. The normalized spacial score (nSPS) is 14.5. The highest BCUT2D eigenvalue weighted by Gasteiger charge is 2.26. The summed E-state index contributed by atoms with van der Waals surface area (Å²) in [5, 5.41) is 0. The summed E-state index contributed by atoms with van der Waals surface area (Å²) in [6.07, 6.45) is 13.9. The minimum Gasteiger partial charge on any atom is -0.385 e. The predicted octanol–water partition coefficient (Wildman–Crippen LogP) is 5.34. The molecule has 0 spiro atoms. The molecule has 0 aromatic carbocycles. The lowest BCUT2D eigenvalue weighted by Gasteiger charge is -2.33. The summed E-state index contributed by atoms with van der Waals surface area (Å²) in [4.78, 5) is 0. The first-order valence-corrected chi connectivity index (χ1v) is 8.07. The second-order valence-electron chi connectivity index (χ2n) is 6.07. The summed E-state index contributed by atoms with van der Waals surface area (Å²) in [5.74, 6) is 0.912. The Morgan fingerprint density at radius 3 is 2.11 bits per heavy atom. The fourth-order valence-corrected chi connectivity index (χ4v) is 2.94. The van der Waals surface area contributed by atoms with Gasteiger partial charge in [-0.1, -0.05) is 58.8 Å². The van der Waals surface area contributed by atoms with E-state index in [4.69, 9.17) is 5.73 Å². The molecule has 1 rings (SSSR count). The summed E-state index contributed by atoms with van der Waals surface area (Å²) in [6.45, 7) is 6.91. The van der Waals surface area contributed by atoms with Gasteiger partial charge in [-0.15, -0.1) is 0 Å². The topological polar surface area (TPSA) is 30.9 Å². The molecule has 1 atom stereocenters. The van der Waals surface area contributed by atoms with Gasteiger partial charge in [-0.25, -0.2) is 0 Å². The molecule has 0 bridgehead atoms. The van der Waals surface area contributed by atoms with Crippen molar-refractivity contribution < 1.29 is 0 Å². The molecule has 19 heavy (non-hydrogen) atoms. The molecule has 0 saturated heterocycles. The summed E-state index contributed by atoms with van der Waals surface area (Å²) in [5.41, 5.74) is 6.33. The molecule has 0 saturated carbocycles. The number of hydrogen-bond acceptors (Lipinski definition) is 1. The van der Waals surface area contributed by atoms with E-state index in [0.29, 0.717) is 0 Å². The molecule has 0 amide bonds. The highest BCUT2D eigenvalue weighted by Crippen LogP contribution is 2.32. The Labute approximate surface area is 119 Å². The van der Waals surface area contributed by atoms with Gasteiger partial charge in [0.15, 0.2) is 0 Å². The van der Waals surface area contributed by atoms with Crippen molar-refractivity contribution in [3.8, 4) is 0 Å². The van der Waals surface area contributed by atoms with E-state index in [9.17, 15) is 0 Å². The highest BCUT2D eigenvalue weighted by atomic mass is 15.1. The molecule has 0 aliphatic rings. The molecule has 2 heteroatoms. The number of unbranched alkanes of at least 4 members (excludes halogenated alkanes) is 5. The van der Waals surface area contributed by atoms with Crippen LogP contribution in [-0.2, 0) is 5.54 Å². The van der Waals surface area contributed by atoms with Crippen molar-refractivity contribution in [3.05, 3.63) is 18.3 Å². The van der Waals surface area contributed by atoms with Crippen LogP contribution in [0.25, 0.3) is 0 Å². The fraction of sp³-hybridized carbons (Fsp3) is 0.765. The number of hydrogen-bond donors (Lipinski definition) is 1. The average Bonchev–Trinajstić information content (AvgIpc) is 2.82. The van der Waals surface area contributed by atoms with E-state index in [-0.39, 0.29) is 5.54 Å². The van der Waals surface area contributed by atoms with Crippen molar-refractivity contribution in [2.45, 2.75) is 84.1 Å². The van der Waals surface area contributed by atoms with Crippen LogP contribution in [0.2, 0.25) is 0 Å². The van der Waals surface area contributed by atoms with Crippen LogP contribution in [-0.4, -0.2) is 4.57 Å². The minimum atomic E-state index is 0.205. The Morgan fingerprint density at radius 2 is 1.58 bits per heavy atom. The van der Waals surface area contributed by atoms with Gasteiger partial charge in [0.1, 0.15) is 5.82 Å². The number of nitrogens with two attached hydrogens (primary N) is 1.